The minimum Gasteiger partial charge on any atom is -0.455 e. The number of hydrogen-bond donors (Lipinski definition) is 0. The van der Waals surface area contributed by atoms with Gasteiger partial charge in [0.25, 0.3) is 0 Å². The van der Waals surface area contributed by atoms with E-state index in [4.69, 9.17) is 18.8 Å². The Morgan fingerprint density at radius 2 is 1.09 bits per heavy atom. The molecule has 0 spiro atoms. The number of fused-ring (bicyclic) bond motifs is 9. The van der Waals surface area contributed by atoms with Crippen molar-refractivity contribution in [2.24, 2.45) is 5.92 Å². The van der Waals surface area contributed by atoms with Crippen molar-refractivity contribution >= 4 is 71.3 Å². The van der Waals surface area contributed by atoms with Crippen LogP contribution in [0.2, 0.25) is 0 Å². The number of allylic oxidation sites excluding steroid dienone is 4. The largest absolute Gasteiger partial charge is 0.455 e. The molecule has 0 saturated carbocycles. The lowest BCUT2D eigenvalue weighted by molar-refractivity contribution is 0.669. The maximum Gasteiger partial charge on any atom is 0.143 e. The maximum atomic E-state index is 6.59. The van der Waals surface area contributed by atoms with E-state index in [0.29, 0.717) is 5.92 Å². The molecule has 0 saturated heterocycles. The van der Waals surface area contributed by atoms with Gasteiger partial charge < -0.3 is 8.83 Å². The highest BCUT2D eigenvalue weighted by molar-refractivity contribution is 6.12. The van der Waals surface area contributed by atoms with Crippen LogP contribution in [0, 0.1) is 5.92 Å². The summed E-state index contributed by atoms with van der Waals surface area (Å²) in [7, 11) is 0. The molecule has 1 unspecified atom stereocenters. The summed E-state index contributed by atoms with van der Waals surface area (Å²) in [4.78, 5) is 10.8. The molecule has 0 bridgehead atoms. The van der Waals surface area contributed by atoms with Crippen molar-refractivity contribution in [1.29, 1.82) is 0 Å². The molecule has 1 atom stereocenters. The summed E-state index contributed by atoms with van der Waals surface area (Å²) in [6.07, 6.45) is 7.59. The fourth-order valence-corrected chi connectivity index (χ4v) is 8.25. The van der Waals surface area contributed by atoms with Gasteiger partial charge in [0, 0.05) is 49.0 Å². The SMILES string of the molecule is CC1CC=CC=C1c1ccc2ccc3ccc(-c4cc(-c5cccc6c5oc5ccccc56)ccc4-c4cccc5c4oc4ccccc45)nc3c2n1. The highest BCUT2D eigenvalue weighted by Crippen LogP contribution is 2.43. The Bertz CT molecular complexity index is 3180. The van der Waals surface area contributed by atoms with E-state index in [1.54, 1.807) is 0 Å². The first kappa shape index (κ1) is 29.9. The third-order valence-electron chi connectivity index (χ3n) is 11.0. The second-order valence-electron chi connectivity index (χ2n) is 14.1. The predicted octanol–water partition coefficient (Wildman–Crippen LogP) is 13.6. The van der Waals surface area contributed by atoms with Crippen LogP contribution < -0.4 is 0 Å². The van der Waals surface area contributed by atoms with Crippen LogP contribution in [0.1, 0.15) is 19.0 Å². The van der Waals surface area contributed by atoms with E-state index in [2.05, 4.69) is 140 Å². The predicted molar refractivity (Wildman–Crippen MR) is 219 cm³/mol. The van der Waals surface area contributed by atoms with Gasteiger partial charge in [-0.3, -0.25) is 0 Å². The Labute approximate surface area is 305 Å². The van der Waals surface area contributed by atoms with Crippen LogP contribution in [0.4, 0.5) is 0 Å². The van der Waals surface area contributed by atoms with Crippen LogP contribution in [0.25, 0.3) is 105 Å². The summed E-state index contributed by atoms with van der Waals surface area (Å²) in [5.74, 6) is 0.408. The molecule has 4 aromatic heterocycles. The Kier molecular flexibility index (Phi) is 6.56. The summed E-state index contributed by atoms with van der Waals surface area (Å²) < 4.78 is 13.1. The number of furan rings is 2. The molecule has 0 aliphatic heterocycles. The molecular weight excluding hydrogens is 649 g/mol. The van der Waals surface area contributed by atoms with E-state index in [1.807, 2.05) is 24.3 Å². The molecule has 0 N–H and O–H groups in total. The van der Waals surface area contributed by atoms with Gasteiger partial charge in [-0.2, -0.15) is 0 Å². The van der Waals surface area contributed by atoms with Crippen LogP contribution in [0.15, 0.2) is 167 Å². The zero-order valence-corrected chi connectivity index (χ0v) is 29.0. The molecule has 10 aromatic rings. The fourth-order valence-electron chi connectivity index (χ4n) is 8.25. The number of benzene rings is 6. The van der Waals surface area contributed by atoms with E-state index >= 15 is 0 Å². The van der Waals surface area contributed by atoms with Crippen LogP contribution in [-0.4, -0.2) is 9.97 Å². The molecule has 6 aromatic carbocycles. The maximum absolute atomic E-state index is 6.59. The van der Waals surface area contributed by atoms with Crippen molar-refractivity contribution in [1.82, 2.24) is 9.97 Å². The normalized spacial score (nSPS) is 14.7. The second-order valence-corrected chi connectivity index (χ2v) is 14.1. The summed E-state index contributed by atoms with van der Waals surface area (Å²) in [5.41, 5.74) is 13.6. The average molecular weight is 681 g/mol. The van der Waals surface area contributed by atoms with E-state index in [1.165, 1.54) is 5.57 Å². The molecule has 4 nitrogen and oxygen atoms in total. The van der Waals surface area contributed by atoms with Crippen molar-refractivity contribution < 1.29 is 8.83 Å². The zero-order valence-electron chi connectivity index (χ0n) is 29.0. The number of para-hydroxylation sites is 4. The number of rotatable bonds is 4. The van der Waals surface area contributed by atoms with Crippen molar-refractivity contribution in [3.8, 4) is 33.5 Å². The molecule has 1 aliphatic rings. The first-order chi connectivity index (χ1) is 26.2. The van der Waals surface area contributed by atoms with E-state index in [-0.39, 0.29) is 0 Å². The van der Waals surface area contributed by atoms with Gasteiger partial charge in [-0.25, -0.2) is 9.97 Å². The Morgan fingerprint density at radius 3 is 1.79 bits per heavy atom. The highest BCUT2D eigenvalue weighted by atomic mass is 16.3. The van der Waals surface area contributed by atoms with Crippen molar-refractivity contribution in [2.75, 3.05) is 0 Å². The van der Waals surface area contributed by atoms with Gasteiger partial charge >= 0.3 is 0 Å². The third-order valence-corrected chi connectivity index (χ3v) is 11.0. The lowest BCUT2D eigenvalue weighted by Gasteiger charge is -2.17. The standard InChI is InChI=1S/C49H32N2O2/c1-29-10-2-3-11-33(29)42-26-23-30-20-21-31-24-27-43(51-47(31)46(30)50-42)41-28-32(34-14-8-16-39-36-12-4-6-18-44(36)52-48(34)39)22-25-35(41)38-15-9-17-40-37-13-5-7-19-45(37)53-49(38)40/h2-9,11-29H,10H2,1H3. The summed E-state index contributed by atoms with van der Waals surface area (Å²) >= 11 is 0. The van der Waals surface area contributed by atoms with Crippen molar-refractivity contribution in [3.05, 3.63) is 163 Å². The molecule has 0 fully saturated rings. The van der Waals surface area contributed by atoms with Gasteiger partial charge in [0.05, 0.1) is 22.4 Å². The monoisotopic (exact) mass is 680 g/mol. The number of pyridine rings is 2. The minimum atomic E-state index is 0.408. The van der Waals surface area contributed by atoms with Gasteiger partial charge in [0.2, 0.25) is 0 Å². The molecule has 250 valence electrons. The summed E-state index contributed by atoms with van der Waals surface area (Å²) in [6.45, 7) is 2.27. The van der Waals surface area contributed by atoms with Crippen LogP contribution >= 0.6 is 0 Å². The van der Waals surface area contributed by atoms with Crippen LogP contribution in [0.3, 0.4) is 0 Å². The first-order valence-electron chi connectivity index (χ1n) is 18.2. The summed E-state index contributed by atoms with van der Waals surface area (Å²) in [5, 5.41) is 6.54. The van der Waals surface area contributed by atoms with Crippen molar-refractivity contribution in [3.63, 3.8) is 0 Å². The van der Waals surface area contributed by atoms with Crippen LogP contribution in [0.5, 0.6) is 0 Å². The Morgan fingerprint density at radius 1 is 0.509 bits per heavy atom. The topological polar surface area (TPSA) is 52.1 Å². The molecule has 1 aliphatic carbocycles. The van der Waals surface area contributed by atoms with Crippen molar-refractivity contribution in [2.45, 2.75) is 13.3 Å². The quantitative estimate of drug-likeness (QED) is 0.174. The number of aromatic nitrogens is 2. The molecule has 11 rings (SSSR count). The molecule has 0 radical (unpaired) electrons. The van der Waals surface area contributed by atoms with E-state index in [9.17, 15) is 0 Å². The fraction of sp³-hybridized carbons (Fsp3) is 0.0612. The first-order valence-corrected chi connectivity index (χ1v) is 18.2. The minimum absolute atomic E-state index is 0.408. The summed E-state index contributed by atoms with van der Waals surface area (Å²) in [6, 6.07) is 48.9. The Balaban J connectivity index is 1.17. The van der Waals surface area contributed by atoms with Gasteiger partial charge in [0.15, 0.2) is 0 Å². The average Bonchev–Trinajstić information content (AvgIpc) is 3.79. The van der Waals surface area contributed by atoms with Gasteiger partial charge in [-0.05, 0) is 59.4 Å². The molecule has 53 heavy (non-hydrogen) atoms. The van der Waals surface area contributed by atoms with E-state index < -0.39 is 0 Å². The molecule has 4 heteroatoms. The number of nitrogens with zero attached hydrogens (tertiary/aromatic N) is 2. The smallest absolute Gasteiger partial charge is 0.143 e. The lowest BCUT2D eigenvalue weighted by Crippen LogP contribution is -2.03. The highest BCUT2D eigenvalue weighted by Gasteiger charge is 2.20. The van der Waals surface area contributed by atoms with E-state index in [0.717, 1.165) is 111 Å². The Hall–Kier alpha value is -6.78. The number of hydrogen-bond acceptors (Lipinski definition) is 4. The molecule has 0 amide bonds. The van der Waals surface area contributed by atoms with Gasteiger partial charge in [-0.15, -0.1) is 0 Å². The molecular formula is C49H32N2O2. The second kappa shape index (κ2) is 11.6. The van der Waals surface area contributed by atoms with Crippen LogP contribution in [-0.2, 0) is 0 Å². The lowest BCUT2D eigenvalue weighted by atomic mass is 9.90. The molecule has 4 heterocycles. The zero-order chi connectivity index (χ0) is 35.0. The third kappa shape index (κ3) is 4.69. The van der Waals surface area contributed by atoms with Gasteiger partial charge in [-0.1, -0.05) is 134 Å². The van der Waals surface area contributed by atoms with Gasteiger partial charge in [0.1, 0.15) is 22.3 Å².